The molecule has 2 aromatic carbocycles. The molecule has 0 aliphatic rings. The fourth-order valence-corrected chi connectivity index (χ4v) is 2.52. The van der Waals surface area contributed by atoms with Gasteiger partial charge >= 0.3 is 0 Å². The number of nitro benzene ring substituents is 1. The molecule has 0 aromatic heterocycles. The number of aryl methyl sites for hydroxylation is 3. The third-order valence-corrected chi connectivity index (χ3v) is 3.51. The zero-order valence-corrected chi connectivity index (χ0v) is 12.9. The number of hydrogen-bond acceptors (Lipinski definition) is 3. The molecule has 0 unspecified atom stereocenters. The molecule has 4 nitrogen and oxygen atoms in total. The third-order valence-electron chi connectivity index (χ3n) is 3.20. The summed E-state index contributed by atoms with van der Waals surface area (Å²) in [5.41, 5.74) is 3.90. The van der Waals surface area contributed by atoms with Crippen LogP contribution in [0.4, 0.5) is 5.69 Å². The van der Waals surface area contributed by atoms with Crippen molar-refractivity contribution >= 4 is 17.3 Å². The standard InChI is InChI=1S/C16H16ClNO3/c1-10-6-11(2)16(12(3)7-10)21-9-13-4-5-14(17)15(8-13)18(19)20/h4-8H,9H2,1-3H3. The lowest BCUT2D eigenvalue weighted by Crippen LogP contribution is -2.00. The number of ether oxygens (including phenoxy) is 1. The van der Waals surface area contributed by atoms with Crippen molar-refractivity contribution in [2.45, 2.75) is 27.4 Å². The van der Waals surface area contributed by atoms with E-state index in [1.807, 2.05) is 32.9 Å². The molecule has 0 atom stereocenters. The first kappa shape index (κ1) is 15.3. The summed E-state index contributed by atoms with van der Waals surface area (Å²) in [6, 6.07) is 8.79. The van der Waals surface area contributed by atoms with E-state index in [1.54, 1.807) is 6.07 Å². The smallest absolute Gasteiger partial charge is 0.288 e. The van der Waals surface area contributed by atoms with Crippen LogP contribution in [0.2, 0.25) is 5.02 Å². The molecule has 0 radical (unpaired) electrons. The minimum Gasteiger partial charge on any atom is -0.488 e. The van der Waals surface area contributed by atoms with E-state index in [0.717, 1.165) is 16.9 Å². The van der Waals surface area contributed by atoms with Gasteiger partial charge in [0.15, 0.2) is 0 Å². The average Bonchev–Trinajstić information content (AvgIpc) is 2.38. The number of benzene rings is 2. The Kier molecular flexibility index (Phi) is 4.48. The fourth-order valence-electron chi connectivity index (χ4n) is 2.34. The third kappa shape index (κ3) is 3.52. The molecule has 0 fully saturated rings. The van der Waals surface area contributed by atoms with Gasteiger partial charge in [0.2, 0.25) is 0 Å². The average molecular weight is 306 g/mol. The van der Waals surface area contributed by atoms with Gasteiger partial charge in [0.25, 0.3) is 5.69 Å². The summed E-state index contributed by atoms with van der Waals surface area (Å²) < 4.78 is 5.82. The van der Waals surface area contributed by atoms with Crippen LogP contribution in [0.1, 0.15) is 22.3 Å². The van der Waals surface area contributed by atoms with Gasteiger partial charge in [0, 0.05) is 6.07 Å². The molecule has 5 heteroatoms. The van der Waals surface area contributed by atoms with Gasteiger partial charge in [-0.15, -0.1) is 0 Å². The van der Waals surface area contributed by atoms with Gasteiger partial charge in [-0.25, -0.2) is 0 Å². The number of nitrogens with zero attached hydrogens (tertiary/aromatic N) is 1. The van der Waals surface area contributed by atoms with Gasteiger partial charge in [-0.1, -0.05) is 35.4 Å². The van der Waals surface area contributed by atoms with Crippen molar-refractivity contribution in [3.63, 3.8) is 0 Å². The van der Waals surface area contributed by atoms with E-state index in [0.29, 0.717) is 5.56 Å². The summed E-state index contributed by atoms with van der Waals surface area (Å²) in [7, 11) is 0. The minimum absolute atomic E-state index is 0.102. The molecule has 0 N–H and O–H groups in total. The van der Waals surface area contributed by atoms with Gasteiger partial charge in [0.05, 0.1) is 4.92 Å². The van der Waals surface area contributed by atoms with E-state index in [4.69, 9.17) is 16.3 Å². The molecule has 0 aliphatic carbocycles. The van der Waals surface area contributed by atoms with Gasteiger partial charge in [-0.05, 0) is 43.5 Å². The Balaban J connectivity index is 2.21. The molecule has 2 rings (SSSR count). The second-order valence-corrected chi connectivity index (χ2v) is 5.47. The Morgan fingerprint density at radius 1 is 1.14 bits per heavy atom. The van der Waals surface area contributed by atoms with Crippen molar-refractivity contribution in [3.05, 3.63) is 67.7 Å². The molecular formula is C16H16ClNO3. The number of rotatable bonds is 4. The Bertz CT molecular complexity index is 675. The van der Waals surface area contributed by atoms with E-state index >= 15 is 0 Å². The van der Waals surface area contributed by atoms with E-state index in [2.05, 4.69) is 0 Å². The van der Waals surface area contributed by atoms with Crippen LogP contribution >= 0.6 is 11.6 Å². The molecule has 0 aliphatic heterocycles. The lowest BCUT2D eigenvalue weighted by molar-refractivity contribution is -0.384. The number of halogens is 1. The number of hydrogen-bond donors (Lipinski definition) is 0. The Morgan fingerprint density at radius 3 is 2.33 bits per heavy atom. The lowest BCUT2D eigenvalue weighted by atomic mass is 10.1. The second kappa shape index (κ2) is 6.14. The zero-order chi connectivity index (χ0) is 15.6. The lowest BCUT2D eigenvalue weighted by Gasteiger charge is -2.13. The predicted molar refractivity (Wildman–Crippen MR) is 83.1 cm³/mol. The van der Waals surface area contributed by atoms with Crippen LogP contribution in [0.15, 0.2) is 30.3 Å². The first-order valence-electron chi connectivity index (χ1n) is 6.52. The first-order chi connectivity index (χ1) is 9.88. The summed E-state index contributed by atoms with van der Waals surface area (Å²) in [4.78, 5) is 10.4. The van der Waals surface area contributed by atoms with E-state index in [1.165, 1.54) is 17.7 Å². The minimum atomic E-state index is -0.492. The van der Waals surface area contributed by atoms with Crippen molar-refractivity contribution in [3.8, 4) is 5.75 Å². The maximum atomic E-state index is 10.9. The van der Waals surface area contributed by atoms with Crippen LogP contribution in [0.5, 0.6) is 5.75 Å². The van der Waals surface area contributed by atoms with Gasteiger partial charge in [0.1, 0.15) is 17.4 Å². The highest BCUT2D eigenvalue weighted by Crippen LogP contribution is 2.28. The molecule has 0 amide bonds. The summed E-state index contributed by atoms with van der Waals surface area (Å²) in [6.07, 6.45) is 0. The van der Waals surface area contributed by atoms with Crippen molar-refractivity contribution in [2.24, 2.45) is 0 Å². The maximum absolute atomic E-state index is 10.9. The van der Waals surface area contributed by atoms with Gasteiger partial charge in [-0.2, -0.15) is 0 Å². The molecule has 21 heavy (non-hydrogen) atoms. The van der Waals surface area contributed by atoms with Crippen molar-refractivity contribution in [2.75, 3.05) is 0 Å². The Morgan fingerprint density at radius 2 is 1.76 bits per heavy atom. The topological polar surface area (TPSA) is 52.4 Å². The quantitative estimate of drug-likeness (QED) is 0.605. The highest BCUT2D eigenvalue weighted by molar-refractivity contribution is 6.32. The van der Waals surface area contributed by atoms with E-state index in [-0.39, 0.29) is 17.3 Å². The molecule has 2 aromatic rings. The molecule has 0 heterocycles. The zero-order valence-electron chi connectivity index (χ0n) is 12.1. The summed E-state index contributed by atoms with van der Waals surface area (Å²) in [6.45, 7) is 6.27. The molecule has 0 saturated heterocycles. The van der Waals surface area contributed by atoms with Crippen LogP contribution in [0.25, 0.3) is 0 Å². The first-order valence-corrected chi connectivity index (χ1v) is 6.89. The van der Waals surface area contributed by atoms with Crippen LogP contribution in [-0.2, 0) is 6.61 Å². The van der Waals surface area contributed by atoms with Crippen molar-refractivity contribution in [1.82, 2.24) is 0 Å². The fraction of sp³-hybridized carbons (Fsp3) is 0.250. The van der Waals surface area contributed by atoms with Crippen LogP contribution in [-0.4, -0.2) is 4.92 Å². The van der Waals surface area contributed by atoms with E-state index in [9.17, 15) is 10.1 Å². The molecular weight excluding hydrogens is 290 g/mol. The maximum Gasteiger partial charge on any atom is 0.288 e. The largest absolute Gasteiger partial charge is 0.488 e. The SMILES string of the molecule is Cc1cc(C)c(OCc2ccc(Cl)c([N+](=O)[O-])c2)c(C)c1. The summed E-state index contributed by atoms with van der Waals surface area (Å²) in [5, 5.41) is 11.0. The Hall–Kier alpha value is -2.07. The molecule has 0 spiro atoms. The van der Waals surface area contributed by atoms with Crippen LogP contribution in [0, 0.1) is 30.9 Å². The summed E-state index contributed by atoms with van der Waals surface area (Å²) >= 11 is 5.79. The molecule has 0 saturated carbocycles. The monoisotopic (exact) mass is 305 g/mol. The number of nitro groups is 1. The van der Waals surface area contributed by atoms with Crippen LogP contribution in [0.3, 0.4) is 0 Å². The van der Waals surface area contributed by atoms with Crippen molar-refractivity contribution < 1.29 is 9.66 Å². The van der Waals surface area contributed by atoms with Gasteiger partial charge < -0.3 is 4.74 Å². The van der Waals surface area contributed by atoms with Crippen LogP contribution < -0.4 is 4.74 Å². The summed E-state index contributed by atoms with van der Waals surface area (Å²) in [5.74, 6) is 0.818. The highest BCUT2D eigenvalue weighted by atomic mass is 35.5. The van der Waals surface area contributed by atoms with Gasteiger partial charge in [-0.3, -0.25) is 10.1 Å². The van der Waals surface area contributed by atoms with E-state index < -0.39 is 4.92 Å². The second-order valence-electron chi connectivity index (χ2n) is 5.06. The predicted octanol–water partition coefficient (Wildman–Crippen LogP) is 4.75. The molecule has 110 valence electrons. The molecule has 0 bridgehead atoms. The van der Waals surface area contributed by atoms with Crippen molar-refractivity contribution in [1.29, 1.82) is 0 Å². The normalized spacial score (nSPS) is 10.5. The highest BCUT2D eigenvalue weighted by Gasteiger charge is 2.13. The Labute approximate surface area is 128 Å².